The number of nitrogens with zero attached hydrogens (tertiary/aromatic N) is 3. The third kappa shape index (κ3) is 4.59. The SMILES string of the molecule is CCC(CO)N(Cc1ccco1)Cc1ccccc1Cn1cccn1. The maximum Gasteiger partial charge on any atom is 0.117 e. The standard InChI is InChI=1S/C20H25N3O2/c1-2-19(16-24)22(15-20-9-5-12-25-20)13-17-7-3-4-8-18(17)14-23-11-6-10-21-23/h3-12,19,24H,2,13-16H2,1H3. The molecule has 0 aliphatic heterocycles. The van der Waals surface area contributed by atoms with Gasteiger partial charge >= 0.3 is 0 Å². The zero-order valence-corrected chi connectivity index (χ0v) is 14.6. The highest BCUT2D eigenvalue weighted by molar-refractivity contribution is 5.27. The molecule has 0 fully saturated rings. The summed E-state index contributed by atoms with van der Waals surface area (Å²) in [6.07, 6.45) is 6.35. The third-order valence-electron chi connectivity index (χ3n) is 4.52. The Bertz CT molecular complexity index is 734. The maximum atomic E-state index is 9.79. The fourth-order valence-electron chi connectivity index (χ4n) is 3.07. The molecule has 0 spiro atoms. The van der Waals surface area contributed by atoms with E-state index in [1.165, 1.54) is 11.1 Å². The molecular formula is C20H25N3O2. The molecule has 1 N–H and O–H groups in total. The van der Waals surface area contributed by atoms with Crippen molar-refractivity contribution < 1.29 is 9.52 Å². The largest absolute Gasteiger partial charge is 0.468 e. The van der Waals surface area contributed by atoms with Crippen molar-refractivity contribution in [1.29, 1.82) is 0 Å². The van der Waals surface area contributed by atoms with Crippen LogP contribution in [0.2, 0.25) is 0 Å². The second kappa shape index (κ2) is 8.65. The summed E-state index contributed by atoms with van der Waals surface area (Å²) in [6, 6.07) is 14.3. The van der Waals surface area contributed by atoms with Crippen LogP contribution in [0, 0.1) is 0 Å². The Kier molecular flexibility index (Phi) is 6.04. The van der Waals surface area contributed by atoms with Crippen molar-refractivity contribution in [3.63, 3.8) is 0 Å². The lowest BCUT2D eigenvalue weighted by molar-refractivity contribution is 0.0996. The first kappa shape index (κ1) is 17.5. The molecule has 2 heterocycles. The lowest BCUT2D eigenvalue weighted by atomic mass is 10.1. The van der Waals surface area contributed by atoms with Crippen molar-refractivity contribution in [3.05, 3.63) is 78.0 Å². The molecule has 0 saturated heterocycles. The second-order valence-electron chi connectivity index (χ2n) is 6.20. The van der Waals surface area contributed by atoms with Gasteiger partial charge in [0.1, 0.15) is 5.76 Å². The summed E-state index contributed by atoms with van der Waals surface area (Å²) in [5.74, 6) is 0.913. The van der Waals surface area contributed by atoms with Crippen molar-refractivity contribution in [2.24, 2.45) is 0 Å². The zero-order valence-electron chi connectivity index (χ0n) is 14.6. The van der Waals surface area contributed by atoms with Crippen molar-refractivity contribution in [3.8, 4) is 0 Å². The molecule has 0 saturated carbocycles. The fraction of sp³-hybridized carbons (Fsp3) is 0.350. The van der Waals surface area contributed by atoms with E-state index in [4.69, 9.17) is 4.42 Å². The van der Waals surface area contributed by atoms with Gasteiger partial charge in [0, 0.05) is 25.0 Å². The number of benzene rings is 1. The molecule has 5 nitrogen and oxygen atoms in total. The number of hydrogen-bond acceptors (Lipinski definition) is 4. The zero-order chi connectivity index (χ0) is 17.5. The van der Waals surface area contributed by atoms with E-state index < -0.39 is 0 Å². The van der Waals surface area contributed by atoms with Crippen molar-refractivity contribution in [2.45, 2.75) is 39.0 Å². The Morgan fingerprint density at radius 1 is 1.12 bits per heavy atom. The average Bonchev–Trinajstić information content (AvgIpc) is 3.31. The summed E-state index contributed by atoms with van der Waals surface area (Å²) in [4.78, 5) is 2.28. The predicted molar refractivity (Wildman–Crippen MR) is 96.9 cm³/mol. The van der Waals surface area contributed by atoms with Crippen LogP contribution in [0.3, 0.4) is 0 Å². The third-order valence-corrected chi connectivity index (χ3v) is 4.52. The minimum atomic E-state index is 0.0999. The van der Waals surface area contributed by atoms with Crippen molar-refractivity contribution in [1.82, 2.24) is 14.7 Å². The van der Waals surface area contributed by atoms with E-state index in [-0.39, 0.29) is 12.6 Å². The van der Waals surface area contributed by atoms with Gasteiger partial charge in [-0.25, -0.2) is 0 Å². The minimum absolute atomic E-state index is 0.0999. The van der Waals surface area contributed by atoms with E-state index in [1.54, 1.807) is 12.5 Å². The number of rotatable bonds is 9. The van der Waals surface area contributed by atoms with Gasteiger partial charge in [-0.2, -0.15) is 5.10 Å². The van der Waals surface area contributed by atoms with E-state index in [2.05, 4.69) is 41.2 Å². The summed E-state index contributed by atoms with van der Waals surface area (Å²) in [5.41, 5.74) is 2.49. The van der Waals surface area contributed by atoms with Crippen LogP contribution >= 0.6 is 0 Å². The first-order valence-corrected chi connectivity index (χ1v) is 8.71. The van der Waals surface area contributed by atoms with Crippen molar-refractivity contribution in [2.75, 3.05) is 6.61 Å². The van der Waals surface area contributed by atoms with Gasteiger partial charge in [-0.3, -0.25) is 9.58 Å². The molecule has 5 heteroatoms. The Morgan fingerprint density at radius 2 is 1.96 bits per heavy atom. The number of aromatic nitrogens is 2. The molecule has 3 rings (SSSR count). The maximum absolute atomic E-state index is 9.79. The van der Waals surface area contributed by atoms with E-state index in [0.29, 0.717) is 6.54 Å². The highest BCUT2D eigenvalue weighted by Crippen LogP contribution is 2.19. The Labute approximate surface area is 148 Å². The second-order valence-corrected chi connectivity index (χ2v) is 6.20. The molecular weight excluding hydrogens is 314 g/mol. The Morgan fingerprint density at radius 3 is 2.60 bits per heavy atom. The van der Waals surface area contributed by atoms with Crippen LogP contribution in [0.4, 0.5) is 0 Å². The number of aliphatic hydroxyl groups excluding tert-OH is 1. The van der Waals surface area contributed by atoms with Crippen LogP contribution in [-0.4, -0.2) is 32.4 Å². The summed E-state index contributed by atoms with van der Waals surface area (Å²) in [5, 5.41) is 14.1. The van der Waals surface area contributed by atoms with Crippen LogP contribution in [0.15, 0.2) is 65.5 Å². The van der Waals surface area contributed by atoms with Gasteiger partial charge < -0.3 is 9.52 Å². The van der Waals surface area contributed by atoms with Gasteiger partial charge in [-0.05, 0) is 35.7 Å². The van der Waals surface area contributed by atoms with E-state index in [9.17, 15) is 5.11 Å². The summed E-state index contributed by atoms with van der Waals surface area (Å²) < 4.78 is 7.45. The summed E-state index contributed by atoms with van der Waals surface area (Å²) in [7, 11) is 0. The monoisotopic (exact) mass is 339 g/mol. The van der Waals surface area contributed by atoms with Gasteiger partial charge in [0.2, 0.25) is 0 Å². The van der Waals surface area contributed by atoms with Crippen LogP contribution in [-0.2, 0) is 19.6 Å². The topological polar surface area (TPSA) is 54.4 Å². The summed E-state index contributed by atoms with van der Waals surface area (Å²) >= 11 is 0. The molecule has 25 heavy (non-hydrogen) atoms. The molecule has 1 atom stereocenters. The molecule has 0 bridgehead atoms. The van der Waals surface area contributed by atoms with Gasteiger partial charge in [-0.15, -0.1) is 0 Å². The van der Waals surface area contributed by atoms with Crippen LogP contribution in [0.1, 0.15) is 30.2 Å². The number of furan rings is 1. The Hall–Kier alpha value is -2.37. The van der Waals surface area contributed by atoms with Crippen LogP contribution in [0.25, 0.3) is 0 Å². The van der Waals surface area contributed by atoms with Crippen LogP contribution in [0.5, 0.6) is 0 Å². The number of hydrogen-bond donors (Lipinski definition) is 1. The quantitative estimate of drug-likeness (QED) is 0.650. The summed E-state index contributed by atoms with van der Waals surface area (Å²) in [6.45, 7) is 4.43. The highest BCUT2D eigenvalue weighted by atomic mass is 16.3. The van der Waals surface area contributed by atoms with E-state index >= 15 is 0 Å². The molecule has 1 unspecified atom stereocenters. The first-order valence-electron chi connectivity index (χ1n) is 8.71. The smallest absolute Gasteiger partial charge is 0.117 e. The molecule has 0 amide bonds. The molecule has 0 aliphatic rings. The molecule has 2 aromatic heterocycles. The average molecular weight is 339 g/mol. The van der Waals surface area contributed by atoms with Gasteiger partial charge in [0.05, 0.1) is 26.0 Å². The van der Waals surface area contributed by atoms with Crippen LogP contribution < -0.4 is 0 Å². The predicted octanol–water partition coefficient (Wildman–Crippen LogP) is 3.30. The van der Waals surface area contributed by atoms with Gasteiger partial charge in [-0.1, -0.05) is 31.2 Å². The van der Waals surface area contributed by atoms with E-state index in [0.717, 1.165) is 25.3 Å². The fourth-order valence-corrected chi connectivity index (χ4v) is 3.07. The highest BCUT2D eigenvalue weighted by Gasteiger charge is 2.19. The lowest BCUT2D eigenvalue weighted by Crippen LogP contribution is -2.36. The molecule has 132 valence electrons. The van der Waals surface area contributed by atoms with Gasteiger partial charge in [0.15, 0.2) is 0 Å². The van der Waals surface area contributed by atoms with E-state index in [1.807, 2.05) is 29.1 Å². The molecule has 0 aliphatic carbocycles. The lowest BCUT2D eigenvalue weighted by Gasteiger charge is -2.29. The number of aliphatic hydroxyl groups is 1. The van der Waals surface area contributed by atoms with Gasteiger partial charge in [0.25, 0.3) is 0 Å². The normalized spacial score (nSPS) is 12.6. The Balaban J connectivity index is 1.81. The van der Waals surface area contributed by atoms with Crippen molar-refractivity contribution >= 4 is 0 Å². The molecule has 1 aromatic carbocycles. The molecule has 0 radical (unpaired) electrons. The minimum Gasteiger partial charge on any atom is -0.468 e. The first-order chi connectivity index (χ1) is 12.3. The molecule has 3 aromatic rings.